The zero-order valence-electron chi connectivity index (χ0n) is 66.8. The molecule has 5 atom stereocenters. The summed E-state index contributed by atoms with van der Waals surface area (Å²) in [5, 5.41) is 10.7. The lowest BCUT2D eigenvalue weighted by Crippen LogP contribution is -2.30. The summed E-state index contributed by atoms with van der Waals surface area (Å²) in [6.07, 6.45) is 68.0. The lowest BCUT2D eigenvalue weighted by atomic mass is 10.0. The summed E-state index contributed by atoms with van der Waals surface area (Å²) >= 11 is 0. The van der Waals surface area contributed by atoms with Gasteiger partial charge in [0.25, 0.3) is 0 Å². The van der Waals surface area contributed by atoms with Crippen LogP contribution in [0.15, 0.2) is 0 Å². The number of aliphatic hydroxyl groups is 1. The van der Waals surface area contributed by atoms with Crippen molar-refractivity contribution < 1.29 is 80.2 Å². The molecule has 102 heavy (non-hydrogen) atoms. The van der Waals surface area contributed by atoms with Crippen LogP contribution in [-0.4, -0.2) is 96.7 Å². The summed E-state index contributed by atoms with van der Waals surface area (Å²) in [4.78, 5) is 73.1. The lowest BCUT2D eigenvalue weighted by molar-refractivity contribution is -0.161. The van der Waals surface area contributed by atoms with E-state index in [0.29, 0.717) is 25.7 Å². The van der Waals surface area contributed by atoms with Gasteiger partial charge in [-0.3, -0.25) is 37.3 Å². The summed E-state index contributed by atoms with van der Waals surface area (Å²) in [7, 11) is -9.92. The Hall–Kier alpha value is -1.94. The van der Waals surface area contributed by atoms with Gasteiger partial charge in [0.05, 0.1) is 26.4 Å². The van der Waals surface area contributed by atoms with Crippen LogP contribution in [0.3, 0.4) is 0 Å². The van der Waals surface area contributed by atoms with Crippen molar-refractivity contribution in [2.75, 3.05) is 39.6 Å². The Bertz CT molecular complexity index is 1940. The third-order valence-corrected chi connectivity index (χ3v) is 21.4. The standard InChI is InChI=1S/C83H162O17P2/c1-6-9-12-15-18-21-24-27-30-32-33-34-36-38-41-44-47-54-59-64-69-83(88)99-78(72-93-80(85)66-61-56-51-45-42-40-37-35-31-28-25-22-19-16-13-10-7-2)74-97-101(89,90)95-70-77(84)71-96-102(91,92)98-75-79(73-94-81(86)67-62-57-52-49-48-50-55-60-65-76(4)5)100-82(87)68-63-58-53-46-43-39-29-26-23-20-17-14-11-8-3/h76-79,84H,6-75H2,1-5H3,(H,89,90)(H,91,92)/t77-,78-,79-/m1/s1. The maximum Gasteiger partial charge on any atom is 0.472 e. The Labute approximate surface area is 626 Å². The molecule has 0 saturated carbocycles. The van der Waals surface area contributed by atoms with E-state index in [1.54, 1.807) is 0 Å². The number of aliphatic hydroxyl groups excluding tert-OH is 1. The molecule has 0 saturated heterocycles. The Morgan fingerprint density at radius 2 is 0.451 bits per heavy atom. The van der Waals surface area contributed by atoms with Crippen molar-refractivity contribution >= 4 is 39.5 Å². The molecule has 606 valence electrons. The molecule has 0 fully saturated rings. The molecule has 17 nitrogen and oxygen atoms in total. The number of unbranched alkanes of at least 4 members (excludes halogenated alkanes) is 55. The minimum absolute atomic E-state index is 0.108. The van der Waals surface area contributed by atoms with Gasteiger partial charge in [-0.25, -0.2) is 9.13 Å². The third-order valence-electron chi connectivity index (χ3n) is 19.5. The van der Waals surface area contributed by atoms with Crippen molar-refractivity contribution in [2.45, 2.75) is 464 Å². The van der Waals surface area contributed by atoms with Gasteiger partial charge in [0.15, 0.2) is 12.2 Å². The highest BCUT2D eigenvalue weighted by atomic mass is 31.2. The summed E-state index contributed by atoms with van der Waals surface area (Å²) in [6.45, 7) is 7.31. The highest BCUT2D eigenvalue weighted by molar-refractivity contribution is 7.47. The molecule has 0 aromatic heterocycles. The van der Waals surface area contributed by atoms with E-state index in [9.17, 15) is 43.2 Å². The van der Waals surface area contributed by atoms with Crippen molar-refractivity contribution in [1.82, 2.24) is 0 Å². The highest BCUT2D eigenvalue weighted by Crippen LogP contribution is 2.45. The highest BCUT2D eigenvalue weighted by Gasteiger charge is 2.30. The summed E-state index contributed by atoms with van der Waals surface area (Å²) in [5.41, 5.74) is 0. The summed E-state index contributed by atoms with van der Waals surface area (Å²) < 4.78 is 68.8. The van der Waals surface area contributed by atoms with E-state index < -0.39 is 97.5 Å². The number of phosphoric acid groups is 2. The van der Waals surface area contributed by atoms with Crippen molar-refractivity contribution in [3.63, 3.8) is 0 Å². The van der Waals surface area contributed by atoms with E-state index in [1.807, 2.05) is 0 Å². The molecule has 0 aliphatic carbocycles. The van der Waals surface area contributed by atoms with Crippen LogP contribution in [0, 0.1) is 5.92 Å². The molecule has 0 aromatic rings. The number of ether oxygens (including phenoxy) is 4. The second-order valence-corrected chi connectivity index (χ2v) is 33.3. The maximum absolute atomic E-state index is 13.1. The van der Waals surface area contributed by atoms with Gasteiger partial charge < -0.3 is 33.8 Å². The van der Waals surface area contributed by atoms with Crippen LogP contribution in [0.4, 0.5) is 0 Å². The molecule has 2 unspecified atom stereocenters. The predicted molar refractivity (Wildman–Crippen MR) is 418 cm³/mol. The average Bonchev–Trinajstić information content (AvgIpc) is 0.915. The minimum atomic E-state index is -4.96. The van der Waals surface area contributed by atoms with Crippen LogP contribution in [0.5, 0.6) is 0 Å². The van der Waals surface area contributed by atoms with Crippen molar-refractivity contribution in [1.29, 1.82) is 0 Å². The Balaban J connectivity index is 5.24. The van der Waals surface area contributed by atoms with Crippen LogP contribution < -0.4 is 0 Å². The van der Waals surface area contributed by atoms with Gasteiger partial charge in [0.2, 0.25) is 0 Å². The molecule has 0 bridgehead atoms. The van der Waals surface area contributed by atoms with Crippen molar-refractivity contribution in [3.8, 4) is 0 Å². The Morgan fingerprint density at radius 1 is 0.265 bits per heavy atom. The SMILES string of the molecule is CCCCCCCCCCCCCCCCCCCCCCC(=O)O[C@H](COC(=O)CCCCCCCCCCCCCCCCCCC)COP(=O)(O)OC[C@@H](O)COP(=O)(O)OC[C@@H](COC(=O)CCCCCCCCCCC(C)C)OC(=O)CCCCCCCCCCCCCCCC. The quantitative estimate of drug-likeness (QED) is 0.0222. The van der Waals surface area contributed by atoms with Crippen LogP contribution in [-0.2, 0) is 65.4 Å². The number of phosphoric ester groups is 2. The fourth-order valence-electron chi connectivity index (χ4n) is 12.9. The van der Waals surface area contributed by atoms with Crippen LogP contribution in [0.25, 0.3) is 0 Å². The number of esters is 4. The van der Waals surface area contributed by atoms with E-state index in [-0.39, 0.29) is 25.7 Å². The number of hydrogen-bond acceptors (Lipinski definition) is 15. The van der Waals surface area contributed by atoms with E-state index >= 15 is 0 Å². The molecule has 3 N–H and O–H groups in total. The molecule has 0 aliphatic heterocycles. The Morgan fingerprint density at radius 3 is 0.667 bits per heavy atom. The normalized spacial score (nSPS) is 13.8. The van der Waals surface area contributed by atoms with E-state index in [0.717, 1.165) is 95.8 Å². The third kappa shape index (κ3) is 76.3. The van der Waals surface area contributed by atoms with E-state index in [1.165, 1.54) is 270 Å². The van der Waals surface area contributed by atoms with Gasteiger partial charge >= 0.3 is 39.5 Å². The average molecular weight is 1490 g/mol. The first-order valence-corrected chi connectivity index (χ1v) is 46.1. The molecule has 0 spiro atoms. The molecule has 0 heterocycles. The van der Waals surface area contributed by atoms with Crippen LogP contribution in [0.1, 0.15) is 446 Å². The number of carbonyl (C=O) groups is 4. The van der Waals surface area contributed by atoms with E-state index in [4.69, 9.17) is 37.0 Å². The first-order chi connectivity index (χ1) is 49.5. The number of hydrogen-bond donors (Lipinski definition) is 3. The van der Waals surface area contributed by atoms with Crippen LogP contribution in [0.2, 0.25) is 0 Å². The second kappa shape index (κ2) is 75.9. The first kappa shape index (κ1) is 100. The lowest BCUT2D eigenvalue weighted by Gasteiger charge is -2.21. The molecule has 0 aliphatic rings. The summed E-state index contributed by atoms with van der Waals surface area (Å²) in [6, 6.07) is 0. The fraction of sp³-hybridized carbons (Fsp3) is 0.952. The first-order valence-electron chi connectivity index (χ1n) is 43.1. The maximum atomic E-state index is 13.1. The van der Waals surface area contributed by atoms with Gasteiger partial charge in [0.1, 0.15) is 19.3 Å². The van der Waals surface area contributed by atoms with Gasteiger partial charge in [-0.1, -0.05) is 394 Å². The largest absolute Gasteiger partial charge is 0.472 e. The molecular formula is C83H162O17P2. The topological polar surface area (TPSA) is 237 Å². The second-order valence-electron chi connectivity index (χ2n) is 30.3. The fourth-order valence-corrected chi connectivity index (χ4v) is 14.5. The minimum Gasteiger partial charge on any atom is -0.462 e. The number of rotatable bonds is 83. The van der Waals surface area contributed by atoms with Gasteiger partial charge in [-0.15, -0.1) is 0 Å². The zero-order valence-corrected chi connectivity index (χ0v) is 68.5. The molecular weight excluding hydrogens is 1330 g/mol. The van der Waals surface area contributed by atoms with Crippen molar-refractivity contribution in [3.05, 3.63) is 0 Å². The van der Waals surface area contributed by atoms with Crippen molar-refractivity contribution in [2.24, 2.45) is 5.92 Å². The zero-order chi connectivity index (χ0) is 74.8. The van der Waals surface area contributed by atoms with E-state index in [2.05, 4.69) is 34.6 Å². The molecule has 0 radical (unpaired) electrons. The smallest absolute Gasteiger partial charge is 0.462 e. The van der Waals surface area contributed by atoms with Crippen LogP contribution >= 0.6 is 15.6 Å². The van der Waals surface area contributed by atoms with Gasteiger partial charge in [0, 0.05) is 25.7 Å². The molecule has 0 amide bonds. The predicted octanol–water partition coefficient (Wildman–Crippen LogP) is 25.2. The summed E-state index contributed by atoms with van der Waals surface area (Å²) in [5.74, 6) is -1.38. The molecule has 0 rings (SSSR count). The molecule has 19 heteroatoms. The van der Waals surface area contributed by atoms with Gasteiger partial charge in [-0.2, -0.15) is 0 Å². The number of carbonyl (C=O) groups excluding carboxylic acids is 4. The molecule has 0 aromatic carbocycles. The Kier molecular flexibility index (Phi) is 74.4. The monoisotopic (exact) mass is 1490 g/mol. The van der Waals surface area contributed by atoms with Gasteiger partial charge in [-0.05, 0) is 31.6 Å².